The quantitative estimate of drug-likeness (QED) is 0.479. The lowest BCUT2D eigenvalue weighted by atomic mass is 10.1. The van der Waals surface area contributed by atoms with Crippen LogP contribution in [-0.4, -0.2) is 23.1 Å². The van der Waals surface area contributed by atoms with Crippen molar-refractivity contribution in [3.63, 3.8) is 0 Å². The molecule has 2 aromatic rings. The Hall–Kier alpha value is -2.71. The molecule has 0 fully saturated rings. The summed E-state index contributed by atoms with van der Waals surface area (Å²) in [5.74, 6) is 0.0624. The average Bonchev–Trinajstić information content (AvgIpc) is 2.99. The van der Waals surface area contributed by atoms with Gasteiger partial charge in [-0.3, -0.25) is 4.79 Å². The number of amides is 1. The number of methoxy groups -OCH3 is 1. The van der Waals surface area contributed by atoms with Gasteiger partial charge in [-0.15, -0.1) is 11.3 Å². The van der Waals surface area contributed by atoms with Crippen molar-refractivity contribution in [2.24, 2.45) is 11.5 Å². The van der Waals surface area contributed by atoms with Crippen LogP contribution in [0.2, 0.25) is 0 Å². The predicted molar refractivity (Wildman–Crippen MR) is 112 cm³/mol. The standard InChI is InChI=1S/C19H21N3O3S2/c1-4-5-6-15-11(2)27-19(22-15)26-10-13-7-12(8-14(20)18(21)24)9-16(25-3)17(13)23/h4-9,23H,2,10,20H2,1,3H3,(H2,21,24)/b5-4-,14-8-,15-6+. The minimum Gasteiger partial charge on any atom is -0.504 e. The van der Waals surface area contributed by atoms with Crippen LogP contribution in [0, 0.1) is 0 Å². The summed E-state index contributed by atoms with van der Waals surface area (Å²) >= 11 is 2.96. The number of thiazole rings is 1. The summed E-state index contributed by atoms with van der Waals surface area (Å²) < 4.78 is 6.92. The number of nitrogens with two attached hydrogens (primary N) is 2. The van der Waals surface area contributed by atoms with E-state index in [2.05, 4.69) is 11.6 Å². The van der Waals surface area contributed by atoms with Gasteiger partial charge in [-0.1, -0.05) is 30.5 Å². The molecule has 1 amide bonds. The van der Waals surface area contributed by atoms with Gasteiger partial charge in [-0.25, -0.2) is 4.98 Å². The van der Waals surface area contributed by atoms with E-state index in [1.807, 2.05) is 25.2 Å². The number of phenols is 1. The summed E-state index contributed by atoms with van der Waals surface area (Å²) in [6.45, 7) is 5.93. The van der Waals surface area contributed by atoms with Crippen molar-refractivity contribution < 1.29 is 14.6 Å². The summed E-state index contributed by atoms with van der Waals surface area (Å²) in [5, 5.41) is 11.2. The Morgan fingerprint density at radius 2 is 2.19 bits per heavy atom. The maximum absolute atomic E-state index is 11.2. The maximum Gasteiger partial charge on any atom is 0.264 e. The number of thioether (sulfide) groups is 1. The number of aromatic hydroxyl groups is 1. The molecule has 142 valence electrons. The lowest BCUT2D eigenvalue weighted by Crippen LogP contribution is -2.19. The third kappa shape index (κ3) is 5.38. The SMILES string of the molecule is C=c1sc(SCc2cc(/C=C(\N)C(N)=O)cc(OC)c2O)n/c1=C/C=C\C. The van der Waals surface area contributed by atoms with E-state index in [0.29, 0.717) is 16.9 Å². The molecule has 0 aliphatic carbocycles. The van der Waals surface area contributed by atoms with E-state index in [1.165, 1.54) is 36.3 Å². The van der Waals surface area contributed by atoms with Gasteiger partial charge >= 0.3 is 0 Å². The molecule has 0 saturated carbocycles. The van der Waals surface area contributed by atoms with Crippen LogP contribution in [0.3, 0.4) is 0 Å². The molecule has 0 radical (unpaired) electrons. The van der Waals surface area contributed by atoms with E-state index in [1.54, 1.807) is 12.1 Å². The van der Waals surface area contributed by atoms with Gasteiger partial charge in [-0.2, -0.15) is 0 Å². The van der Waals surface area contributed by atoms with E-state index in [9.17, 15) is 9.90 Å². The molecule has 0 bridgehead atoms. The number of ether oxygens (including phenoxy) is 1. The monoisotopic (exact) mass is 403 g/mol. The van der Waals surface area contributed by atoms with Crippen LogP contribution < -0.4 is 26.1 Å². The van der Waals surface area contributed by atoms with Gasteiger partial charge in [0.1, 0.15) is 0 Å². The zero-order chi connectivity index (χ0) is 20.0. The molecule has 2 rings (SSSR count). The number of aromatic nitrogens is 1. The third-order valence-corrected chi connectivity index (χ3v) is 5.63. The van der Waals surface area contributed by atoms with E-state index in [4.69, 9.17) is 16.2 Å². The second-order valence-corrected chi connectivity index (χ2v) is 7.77. The molecule has 0 unspecified atom stereocenters. The summed E-state index contributed by atoms with van der Waals surface area (Å²) in [4.78, 5) is 15.7. The molecule has 0 atom stereocenters. The van der Waals surface area contributed by atoms with Gasteiger partial charge in [0, 0.05) is 15.8 Å². The van der Waals surface area contributed by atoms with Crippen molar-refractivity contribution in [1.82, 2.24) is 4.98 Å². The molecule has 5 N–H and O–H groups in total. The van der Waals surface area contributed by atoms with Crippen LogP contribution in [0.5, 0.6) is 11.5 Å². The van der Waals surface area contributed by atoms with E-state index in [-0.39, 0.29) is 17.2 Å². The normalized spacial score (nSPS) is 12.7. The highest BCUT2D eigenvalue weighted by atomic mass is 32.2. The Bertz CT molecular complexity index is 1010. The first-order valence-electron chi connectivity index (χ1n) is 7.94. The Morgan fingerprint density at radius 3 is 2.81 bits per heavy atom. The first kappa shape index (κ1) is 20.6. The van der Waals surface area contributed by atoms with E-state index in [0.717, 1.165) is 14.2 Å². The topological polar surface area (TPSA) is 111 Å². The van der Waals surface area contributed by atoms with Crippen LogP contribution in [0.25, 0.3) is 18.7 Å². The molecule has 1 heterocycles. The molecule has 1 aromatic carbocycles. The number of phenolic OH excluding ortho intramolecular Hbond substituents is 1. The molecule has 0 saturated heterocycles. The van der Waals surface area contributed by atoms with Crippen molar-refractivity contribution in [2.45, 2.75) is 17.0 Å². The number of rotatable bonds is 7. The summed E-state index contributed by atoms with van der Waals surface area (Å²) in [5.41, 5.74) is 11.9. The molecule has 6 nitrogen and oxygen atoms in total. The average molecular weight is 404 g/mol. The fourth-order valence-corrected chi connectivity index (χ4v) is 4.10. The second-order valence-electron chi connectivity index (χ2n) is 5.46. The van der Waals surface area contributed by atoms with Crippen LogP contribution in [-0.2, 0) is 10.5 Å². The van der Waals surface area contributed by atoms with Crippen LogP contribution in [0.1, 0.15) is 18.1 Å². The van der Waals surface area contributed by atoms with Gasteiger partial charge in [-0.05, 0) is 36.8 Å². The van der Waals surface area contributed by atoms with Crippen molar-refractivity contribution in [1.29, 1.82) is 0 Å². The number of hydrogen-bond acceptors (Lipinski definition) is 7. The van der Waals surface area contributed by atoms with Crippen molar-refractivity contribution in [2.75, 3.05) is 7.11 Å². The van der Waals surface area contributed by atoms with Crippen molar-refractivity contribution in [3.8, 4) is 11.5 Å². The summed E-state index contributed by atoms with van der Waals surface area (Å²) in [6, 6.07) is 3.31. The number of nitrogens with zero attached hydrogens (tertiary/aromatic N) is 1. The number of allylic oxidation sites excluding steroid dienone is 2. The number of carbonyl (C=O) groups excluding carboxylic acids is 1. The smallest absolute Gasteiger partial charge is 0.264 e. The summed E-state index contributed by atoms with van der Waals surface area (Å²) in [6.07, 6.45) is 7.18. The second kappa shape index (κ2) is 9.29. The predicted octanol–water partition coefficient (Wildman–Crippen LogP) is 1.70. The van der Waals surface area contributed by atoms with E-state index < -0.39 is 5.91 Å². The van der Waals surface area contributed by atoms with Gasteiger partial charge < -0.3 is 21.3 Å². The Kier molecular flexibility index (Phi) is 7.09. The Balaban J connectivity index is 2.32. The fourth-order valence-electron chi connectivity index (χ4n) is 2.15. The fraction of sp³-hybridized carbons (Fsp3) is 0.158. The number of primary amides is 1. The van der Waals surface area contributed by atoms with Crippen LogP contribution in [0.4, 0.5) is 0 Å². The molecule has 0 spiro atoms. The molecule has 1 aromatic heterocycles. The molecule has 27 heavy (non-hydrogen) atoms. The first-order chi connectivity index (χ1) is 12.8. The van der Waals surface area contributed by atoms with Gasteiger partial charge in [0.2, 0.25) is 0 Å². The zero-order valence-corrected chi connectivity index (χ0v) is 16.7. The van der Waals surface area contributed by atoms with Gasteiger partial charge in [0.25, 0.3) is 5.91 Å². The molecule has 0 aliphatic heterocycles. The van der Waals surface area contributed by atoms with Gasteiger partial charge in [0.15, 0.2) is 15.8 Å². The van der Waals surface area contributed by atoms with E-state index >= 15 is 0 Å². The minimum atomic E-state index is -0.714. The number of carbonyl (C=O) groups is 1. The first-order valence-corrected chi connectivity index (χ1v) is 9.74. The maximum atomic E-state index is 11.2. The largest absolute Gasteiger partial charge is 0.504 e. The Morgan fingerprint density at radius 1 is 1.44 bits per heavy atom. The summed E-state index contributed by atoms with van der Waals surface area (Å²) in [7, 11) is 1.45. The highest BCUT2D eigenvalue weighted by molar-refractivity contribution is 8.00. The molecule has 8 heteroatoms. The number of hydrogen-bond donors (Lipinski definition) is 3. The highest BCUT2D eigenvalue weighted by Crippen LogP contribution is 2.35. The zero-order valence-electron chi connectivity index (χ0n) is 15.1. The van der Waals surface area contributed by atoms with Crippen molar-refractivity contribution >= 4 is 47.7 Å². The van der Waals surface area contributed by atoms with Crippen LogP contribution >= 0.6 is 23.1 Å². The minimum absolute atomic E-state index is 0.0342. The lowest BCUT2D eigenvalue weighted by Gasteiger charge is -2.10. The lowest BCUT2D eigenvalue weighted by molar-refractivity contribution is -0.114. The molecular formula is C19H21N3O3S2. The van der Waals surface area contributed by atoms with Crippen molar-refractivity contribution in [3.05, 3.63) is 51.0 Å². The Labute approximate surface area is 165 Å². The van der Waals surface area contributed by atoms with Crippen LogP contribution in [0.15, 0.2) is 34.3 Å². The number of benzene rings is 1. The molecular weight excluding hydrogens is 382 g/mol. The highest BCUT2D eigenvalue weighted by Gasteiger charge is 2.12. The molecule has 0 aliphatic rings. The van der Waals surface area contributed by atoms with Gasteiger partial charge in [0.05, 0.1) is 18.2 Å². The third-order valence-electron chi connectivity index (χ3n) is 3.51.